The molecule has 182 valence electrons. The van der Waals surface area contributed by atoms with Crippen LogP contribution in [-0.4, -0.2) is 40.7 Å². The van der Waals surface area contributed by atoms with Gasteiger partial charge in [0.05, 0.1) is 12.2 Å². The number of aryl methyl sites for hydroxylation is 1. The van der Waals surface area contributed by atoms with Crippen LogP contribution in [-0.2, 0) is 16.1 Å². The van der Waals surface area contributed by atoms with Crippen LogP contribution in [0.5, 0.6) is 0 Å². The van der Waals surface area contributed by atoms with E-state index in [1.165, 1.54) is 0 Å². The zero-order chi connectivity index (χ0) is 25.1. The third kappa shape index (κ3) is 5.19. The predicted molar refractivity (Wildman–Crippen MR) is 132 cm³/mol. The lowest BCUT2D eigenvalue weighted by Gasteiger charge is -2.22. The molecule has 0 unspecified atom stereocenters. The van der Waals surface area contributed by atoms with Crippen LogP contribution in [0.2, 0.25) is 0 Å². The van der Waals surface area contributed by atoms with E-state index in [-0.39, 0.29) is 29.9 Å². The van der Waals surface area contributed by atoms with Crippen molar-refractivity contribution in [3.63, 3.8) is 0 Å². The van der Waals surface area contributed by atoms with Gasteiger partial charge in [-0.05, 0) is 35.1 Å². The number of fused-ring (bicyclic) bond motifs is 3. The van der Waals surface area contributed by atoms with Gasteiger partial charge in [0, 0.05) is 5.92 Å². The predicted octanol–water partition coefficient (Wildman–Crippen LogP) is 4.33. The lowest BCUT2D eigenvalue weighted by atomic mass is 9.98. The number of nitrogens with one attached hydrogen (secondary N) is 2. The molecule has 0 radical (unpaired) electrons. The number of carboxylic acid groups (broad SMARTS) is 1. The Balaban J connectivity index is 1.37. The van der Waals surface area contributed by atoms with Gasteiger partial charge in [0.15, 0.2) is 0 Å². The highest BCUT2D eigenvalue weighted by Gasteiger charge is 2.30. The number of aromatic carboxylic acids is 1. The Bertz CT molecular complexity index is 1220. The minimum atomic E-state index is -1.05. The number of amides is 2. The first-order valence-electron chi connectivity index (χ1n) is 11.3. The molecule has 0 saturated heterocycles. The summed E-state index contributed by atoms with van der Waals surface area (Å²) in [5.41, 5.74) is 4.90. The maximum atomic E-state index is 12.8. The zero-order valence-corrected chi connectivity index (χ0v) is 20.5. The fourth-order valence-electron chi connectivity index (χ4n) is 4.30. The maximum absolute atomic E-state index is 12.8. The lowest BCUT2D eigenvalue weighted by molar-refractivity contribution is -0.124. The molecule has 0 bridgehead atoms. The maximum Gasteiger partial charge on any atom is 0.407 e. The van der Waals surface area contributed by atoms with Crippen LogP contribution in [0.4, 0.5) is 4.79 Å². The largest absolute Gasteiger partial charge is 0.477 e. The standard InChI is InChI=1S/C26H27N3O5S/c1-14(2)22(24(30)27-12-21-28-15(3)23(35-21)25(31)32)29-26(33)34-13-20-18-10-6-4-8-16(18)17-9-5-7-11-19(17)20/h4-11,14,20,22H,12-13H2,1-3H3,(H,27,30)(H,29,33)(H,31,32)/t22-/m1/s1. The van der Waals surface area contributed by atoms with Crippen LogP contribution in [0.25, 0.3) is 11.1 Å². The molecule has 0 fully saturated rings. The van der Waals surface area contributed by atoms with Gasteiger partial charge in [-0.1, -0.05) is 62.4 Å². The number of rotatable bonds is 8. The quantitative estimate of drug-likeness (QED) is 0.430. The molecule has 0 saturated carbocycles. The second-order valence-electron chi connectivity index (χ2n) is 8.74. The highest BCUT2D eigenvalue weighted by atomic mass is 32.1. The Morgan fingerprint density at radius 3 is 2.20 bits per heavy atom. The first-order valence-corrected chi connectivity index (χ1v) is 12.2. The molecule has 0 aliphatic heterocycles. The molecule has 0 spiro atoms. The minimum Gasteiger partial charge on any atom is -0.477 e. The molecule has 35 heavy (non-hydrogen) atoms. The molecule has 1 atom stereocenters. The molecule has 3 N–H and O–H groups in total. The van der Waals surface area contributed by atoms with Crippen molar-refractivity contribution in [2.24, 2.45) is 5.92 Å². The van der Waals surface area contributed by atoms with Crippen LogP contribution in [0.1, 0.15) is 51.3 Å². The Labute approximate surface area is 207 Å². The summed E-state index contributed by atoms with van der Waals surface area (Å²) in [6.07, 6.45) is -0.668. The van der Waals surface area contributed by atoms with Gasteiger partial charge in [-0.15, -0.1) is 11.3 Å². The van der Waals surface area contributed by atoms with Crippen LogP contribution < -0.4 is 10.6 Å². The van der Waals surface area contributed by atoms with Gasteiger partial charge in [0.1, 0.15) is 22.5 Å². The van der Waals surface area contributed by atoms with Crippen molar-refractivity contribution in [1.29, 1.82) is 0 Å². The number of nitrogens with zero attached hydrogens (tertiary/aromatic N) is 1. The van der Waals surface area contributed by atoms with Crippen molar-refractivity contribution in [1.82, 2.24) is 15.6 Å². The normalized spacial score (nSPS) is 13.1. The van der Waals surface area contributed by atoms with Crippen molar-refractivity contribution in [3.05, 3.63) is 75.2 Å². The number of hydrogen-bond acceptors (Lipinski definition) is 6. The highest BCUT2D eigenvalue weighted by Crippen LogP contribution is 2.44. The minimum absolute atomic E-state index is 0.0731. The third-order valence-electron chi connectivity index (χ3n) is 6.02. The Morgan fingerprint density at radius 2 is 1.66 bits per heavy atom. The van der Waals surface area contributed by atoms with Gasteiger partial charge in [-0.2, -0.15) is 0 Å². The van der Waals surface area contributed by atoms with Gasteiger partial charge in [-0.25, -0.2) is 14.6 Å². The van der Waals surface area contributed by atoms with Gasteiger partial charge in [0.2, 0.25) is 5.91 Å². The molecule has 3 aromatic rings. The molecule has 1 aromatic heterocycles. The van der Waals surface area contributed by atoms with E-state index in [2.05, 4.69) is 27.8 Å². The molecular formula is C26H27N3O5S. The van der Waals surface area contributed by atoms with Crippen molar-refractivity contribution >= 4 is 29.3 Å². The van der Waals surface area contributed by atoms with E-state index in [1.54, 1.807) is 6.92 Å². The summed E-state index contributed by atoms with van der Waals surface area (Å²) in [7, 11) is 0. The highest BCUT2D eigenvalue weighted by molar-refractivity contribution is 7.13. The van der Waals surface area contributed by atoms with Crippen LogP contribution >= 0.6 is 11.3 Å². The molecular weight excluding hydrogens is 466 g/mol. The van der Waals surface area contributed by atoms with E-state index < -0.39 is 24.0 Å². The summed E-state index contributed by atoms with van der Waals surface area (Å²) in [5, 5.41) is 15.1. The summed E-state index contributed by atoms with van der Waals surface area (Å²) in [4.78, 5) is 41.0. The smallest absolute Gasteiger partial charge is 0.407 e. The van der Waals surface area contributed by atoms with E-state index in [0.717, 1.165) is 33.6 Å². The summed E-state index contributed by atoms with van der Waals surface area (Å²) in [6.45, 7) is 5.49. The van der Waals surface area contributed by atoms with Crippen LogP contribution in [0, 0.1) is 12.8 Å². The van der Waals surface area contributed by atoms with Crippen molar-refractivity contribution in [3.8, 4) is 11.1 Å². The zero-order valence-electron chi connectivity index (χ0n) is 19.7. The summed E-state index contributed by atoms with van der Waals surface area (Å²) in [6, 6.07) is 15.3. The summed E-state index contributed by atoms with van der Waals surface area (Å²) >= 11 is 1.02. The Morgan fingerprint density at radius 1 is 1.06 bits per heavy atom. The first-order chi connectivity index (χ1) is 16.8. The second-order valence-corrected chi connectivity index (χ2v) is 9.82. The fourth-order valence-corrected chi connectivity index (χ4v) is 5.14. The molecule has 2 aromatic carbocycles. The third-order valence-corrected chi connectivity index (χ3v) is 7.16. The number of carbonyl (C=O) groups is 3. The number of carbonyl (C=O) groups excluding carboxylic acids is 2. The number of benzene rings is 2. The topological polar surface area (TPSA) is 118 Å². The number of alkyl carbamates (subject to hydrolysis) is 1. The monoisotopic (exact) mass is 493 g/mol. The second kappa shape index (κ2) is 10.3. The van der Waals surface area contributed by atoms with Gasteiger partial charge < -0.3 is 20.5 Å². The molecule has 9 heteroatoms. The molecule has 2 amide bonds. The molecule has 8 nitrogen and oxygen atoms in total. The van der Waals surface area contributed by atoms with Crippen LogP contribution in [0.3, 0.4) is 0 Å². The van der Waals surface area contributed by atoms with Gasteiger partial charge >= 0.3 is 12.1 Å². The SMILES string of the molecule is Cc1nc(CNC(=O)[C@H](NC(=O)OCC2c3ccccc3-c3ccccc32)C(C)C)sc1C(=O)O. The van der Waals surface area contributed by atoms with E-state index >= 15 is 0 Å². The average molecular weight is 494 g/mol. The molecule has 4 rings (SSSR count). The van der Waals surface area contributed by atoms with E-state index in [9.17, 15) is 19.5 Å². The number of aromatic nitrogens is 1. The summed E-state index contributed by atoms with van der Waals surface area (Å²) < 4.78 is 5.57. The van der Waals surface area contributed by atoms with Gasteiger partial charge in [0.25, 0.3) is 0 Å². The number of thiazole rings is 1. The number of carboxylic acids is 1. The number of hydrogen-bond donors (Lipinski definition) is 3. The van der Waals surface area contributed by atoms with Crippen molar-refractivity contribution in [2.75, 3.05) is 6.61 Å². The van der Waals surface area contributed by atoms with E-state index in [0.29, 0.717) is 10.7 Å². The first kappa shape index (κ1) is 24.4. The van der Waals surface area contributed by atoms with Crippen molar-refractivity contribution < 1.29 is 24.2 Å². The molecule has 1 aliphatic carbocycles. The average Bonchev–Trinajstić information content (AvgIpc) is 3.37. The Kier molecular flexibility index (Phi) is 7.16. The van der Waals surface area contributed by atoms with Crippen LogP contribution in [0.15, 0.2) is 48.5 Å². The summed E-state index contributed by atoms with van der Waals surface area (Å²) in [5.74, 6) is -1.70. The Hall–Kier alpha value is -3.72. The van der Waals surface area contributed by atoms with Gasteiger partial charge in [-0.3, -0.25) is 4.79 Å². The lowest BCUT2D eigenvalue weighted by Crippen LogP contribution is -2.49. The molecule has 1 aliphatic rings. The molecule has 1 heterocycles. The van der Waals surface area contributed by atoms with E-state index in [1.807, 2.05) is 50.2 Å². The van der Waals surface area contributed by atoms with Crippen molar-refractivity contribution in [2.45, 2.75) is 39.3 Å². The fraction of sp³-hybridized carbons (Fsp3) is 0.308. The van der Waals surface area contributed by atoms with E-state index in [4.69, 9.17) is 4.74 Å². The number of ether oxygens (including phenoxy) is 1.